The van der Waals surface area contributed by atoms with E-state index in [2.05, 4.69) is 25.2 Å². The zero-order valence-corrected chi connectivity index (χ0v) is 12.2. The molecule has 1 aromatic carbocycles. The topological polar surface area (TPSA) is 32.3 Å². The highest BCUT2D eigenvalue weighted by atomic mass is 16.2. The van der Waals surface area contributed by atoms with Crippen molar-refractivity contribution >= 4 is 5.91 Å². The first kappa shape index (κ1) is 14.1. The Morgan fingerprint density at radius 3 is 2.58 bits per heavy atom. The molecule has 1 aliphatic heterocycles. The van der Waals surface area contributed by atoms with Gasteiger partial charge in [0.2, 0.25) is 0 Å². The minimum absolute atomic E-state index is 0.187. The Bertz CT molecular complexity index is 450. The maximum absolute atomic E-state index is 12.7. The molecule has 1 aromatic rings. The smallest absolute Gasteiger partial charge is 0.254 e. The van der Waals surface area contributed by atoms with E-state index in [0.717, 1.165) is 43.6 Å². The predicted octanol–water partition coefficient (Wildman–Crippen LogP) is 2.52. The van der Waals surface area contributed by atoms with E-state index in [9.17, 15) is 4.79 Å². The molecule has 1 heterocycles. The zero-order chi connectivity index (χ0) is 13.8. The molecule has 0 aromatic heterocycles. The minimum Gasteiger partial charge on any atom is -0.336 e. The number of rotatable bonds is 3. The van der Waals surface area contributed by atoms with Gasteiger partial charge in [0.05, 0.1) is 0 Å². The summed E-state index contributed by atoms with van der Waals surface area (Å²) >= 11 is 0. The van der Waals surface area contributed by atoms with E-state index < -0.39 is 0 Å². The quantitative estimate of drug-likeness (QED) is 0.905. The number of hydrogen-bond donors (Lipinski definition) is 1. The van der Waals surface area contributed by atoms with Gasteiger partial charge in [0.25, 0.3) is 5.91 Å². The van der Waals surface area contributed by atoms with Gasteiger partial charge in [-0.2, -0.15) is 0 Å². The highest BCUT2D eigenvalue weighted by Gasteiger charge is 2.25. The number of piperidine rings is 1. The van der Waals surface area contributed by atoms with Gasteiger partial charge in [-0.3, -0.25) is 4.79 Å². The molecule has 104 valence electrons. The molecule has 19 heavy (non-hydrogen) atoms. The zero-order valence-electron chi connectivity index (χ0n) is 12.2. The molecule has 2 rings (SSSR count). The van der Waals surface area contributed by atoms with Crippen molar-refractivity contribution in [2.24, 2.45) is 0 Å². The Morgan fingerprint density at radius 2 is 2.00 bits per heavy atom. The summed E-state index contributed by atoms with van der Waals surface area (Å²) in [5.74, 6) is 0.187. The fourth-order valence-electron chi connectivity index (χ4n) is 2.89. The van der Waals surface area contributed by atoms with Crippen molar-refractivity contribution in [2.45, 2.75) is 39.7 Å². The second kappa shape index (κ2) is 6.20. The summed E-state index contributed by atoms with van der Waals surface area (Å²) < 4.78 is 0. The summed E-state index contributed by atoms with van der Waals surface area (Å²) in [6, 6.07) is 6.47. The third kappa shape index (κ3) is 3.16. The third-order valence-corrected chi connectivity index (χ3v) is 3.96. The number of nitrogens with one attached hydrogen (secondary N) is 1. The van der Waals surface area contributed by atoms with Crippen LogP contribution in [-0.4, -0.2) is 36.5 Å². The second-order valence-electron chi connectivity index (χ2n) is 5.39. The van der Waals surface area contributed by atoms with Crippen molar-refractivity contribution in [3.05, 3.63) is 34.9 Å². The number of hydrogen-bond acceptors (Lipinski definition) is 2. The Morgan fingerprint density at radius 1 is 1.32 bits per heavy atom. The van der Waals surface area contributed by atoms with Crippen molar-refractivity contribution in [2.75, 3.05) is 19.6 Å². The monoisotopic (exact) mass is 260 g/mol. The first-order valence-electron chi connectivity index (χ1n) is 7.22. The number of carbonyl (C=O) groups excluding carboxylic acids is 1. The minimum atomic E-state index is 0.187. The van der Waals surface area contributed by atoms with Crippen LogP contribution >= 0.6 is 0 Å². The molecular formula is C16H24N2O. The molecule has 0 unspecified atom stereocenters. The predicted molar refractivity (Wildman–Crippen MR) is 78.5 cm³/mol. The fourth-order valence-corrected chi connectivity index (χ4v) is 2.89. The van der Waals surface area contributed by atoms with Crippen LogP contribution in [0.1, 0.15) is 41.3 Å². The standard InChI is InChI=1S/C16H24N2O/c1-4-18(14-7-9-17-10-8-14)16(19)15-6-5-12(2)11-13(15)3/h5-6,11,14,17H,4,7-10H2,1-3H3. The number of nitrogens with zero attached hydrogens (tertiary/aromatic N) is 1. The molecule has 1 aliphatic rings. The van der Waals surface area contributed by atoms with E-state index in [1.165, 1.54) is 5.56 Å². The van der Waals surface area contributed by atoms with Gasteiger partial charge < -0.3 is 10.2 Å². The van der Waals surface area contributed by atoms with Gasteiger partial charge in [-0.25, -0.2) is 0 Å². The van der Waals surface area contributed by atoms with Crippen LogP contribution in [0.25, 0.3) is 0 Å². The lowest BCUT2D eigenvalue weighted by Crippen LogP contribution is -2.46. The number of benzene rings is 1. The van der Waals surface area contributed by atoms with Crippen LogP contribution in [0.4, 0.5) is 0 Å². The lowest BCUT2D eigenvalue weighted by Gasteiger charge is -2.34. The van der Waals surface area contributed by atoms with Crippen molar-refractivity contribution in [1.29, 1.82) is 0 Å². The Balaban J connectivity index is 2.19. The molecule has 0 radical (unpaired) electrons. The molecule has 0 bridgehead atoms. The van der Waals surface area contributed by atoms with Crippen LogP contribution in [0.3, 0.4) is 0 Å². The highest BCUT2D eigenvalue weighted by Crippen LogP contribution is 2.18. The van der Waals surface area contributed by atoms with Gasteiger partial charge in [-0.05, 0) is 58.3 Å². The van der Waals surface area contributed by atoms with Crippen molar-refractivity contribution in [3.63, 3.8) is 0 Å². The summed E-state index contributed by atoms with van der Waals surface area (Å²) in [4.78, 5) is 14.8. The molecule has 3 heteroatoms. The molecule has 3 nitrogen and oxygen atoms in total. The SMILES string of the molecule is CCN(C(=O)c1ccc(C)cc1C)C1CCNCC1. The molecule has 0 atom stereocenters. The van der Waals surface area contributed by atoms with Crippen LogP contribution in [0.5, 0.6) is 0 Å². The van der Waals surface area contributed by atoms with Gasteiger partial charge in [-0.15, -0.1) is 0 Å². The third-order valence-electron chi connectivity index (χ3n) is 3.96. The maximum Gasteiger partial charge on any atom is 0.254 e. The van der Waals surface area contributed by atoms with Gasteiger partial charge in [-0.1, -0.05) is 17.7 Å². The summed E-state index contributed by atoms with van der Waals surface area (Å²) in [5.41, 5.74) is 3.14. The number of carbonyl (C=O) groups is 1. The van der Waals surface area contributed by atoms with E-state index in [0.29, 0.717) is 6.04 Å². The molecule has 1 amide bonds. The maximum atomic E-state index is 12.7. The molecule has 0 aliphatic carbocycles. The normalized spacial score (nSPS) is 16.4. The molecule has 1 saturated heterocycles. The van der Waals surface area contributed by atoms with Crippen LogP contribution in [0.2, 0.25) is 0 Å². The number of amides is 1. The first-order valence-corrected chi connectivity index (χ1v) is 7.22. The van der Waals surface area contributed by atoms with E-state index in [1.54, 1.807) is 0 Å². The van der Waals surface area contributed by atoms with E-state index in [4.69, 9.17) is 0 Å². The van der Waals surface area contributed by atoms with Crippen LogP contribution in [0, 0.1) is 13.8 Å². The van der Waals surface area contributed by atoms with Gasteiger partial charge >= 0.3 is 0 Å². The van der Waals surface area contributed by atoms with E-state index >= 15 is 0 Å². The van der Waals surface area contributed by atoms with Gasteiger partial charge in [0.15, 0.2) is 0 Å². The first-order chi connectivity index (χ1) is 9.13. The van der Waals surface area contributed by atoms with Crippen molar-refractivity contribution in [1.82, 2.24) is 10.2 Å². The van der Waals surface area contributed by atoms with Crippen LogP contribution in [-0.2, 0) is 0 Å². The summed E-state index contributed by atoms with van der Waals surface area (Å²) in [5, 5.41) is 3.35. The molecule has 0 spiro atoms. The average molecular weight is 260 g/mol. The van der Waals surface area contributed by atoms with Crippen molar-refractivity contribution < 1.29 is 4.79 Å². The molecule has 1 fully saturated rings. The van der Waals surface area contributed by atoms with Gasteiger partial charge in [0.1, 0.15) is 0 Å². The molecule has 1 N–H and O–H groups in total. The Kier molecular flexibility index (Phi) is 4.59. The van der Waals surface area contributed by atoms with Crippen molar-refractivity contribution in [3.8, 4) is 0 Å². The second-order valence-corrected chi connectivity index (χ2v) is 5.39. The summed E-state index contributed by atoms with van der Waals surface area (Å²) in [7, 11) is 0. The van der Waals surface area contributed by atoms with E-state index in [-0.39, 0.29) is 5.91 Å². The Hall–Kier alpha value is -1.35. The Labute approximate surface area is 116 Å². The summed E-state index contributed by atoms with van der Waals surface area (Å²) in [6.07, 6.45) is 2.12. The number of aryl methyl sites for hydroxylation is 2. The van der Waals surface area contributed by atoms with Gasteiger partial charge in [0, 0.05) is 18.2 Å². The fraction of sp³-hybridized carbons (Fsp3) is 0.562. The lowest BCUT2D eigenvalue weighted by atomic mass is 10.0. The average Bonchev–Trinajstić information content (AvgIpc) is 2.40. The molecule has 0 saturated carbocycles. The van der Waals surface area contributed by atoms with Crippen LogP contribution < -0.4 is 5.32 Å². The van der Waals surface area contributed by atoms with E-state index in [1.807, 2.05) is 24.0 Å². The lowest BCUT2D eigenvalue weighted by molar-refractivity contribution is 0.0655. The summed E-state index contributed by atoms with van der Waals surface area (Å²) in [6.45, 7) is 8.98. The highest BCUT2D eigenvalue weighted by molar-refractivity contribution is 5.95. The largest absolute Gasteiger partial charge is 0.336 e. The van der Waals surface area contributed by atoms with Crippen LogP contribution in [0.15, 0.2) is 18.2 Å². The molecular weight excluding hydrogens is 236 g/mol.